The molecule has 3 N–H and O–H groups in total. The van der Waals surface area contributed by atoms with Crippen molar-refractivity contribution in [1.29, 1.82) is 0 Å². The molecule has 5 heteroatoms. The first kappa shape index (κ1) is 11.6. The second kappa shape index (κ2) is 4.99. The summed E-state index contributed by atoms with van der Waals surface area (Å²) in [6.45, 7) is 1.90. The molecule has 1 heterocycles. The van der Waals surface area contributed by atoms with Crippen LogP contribution in [-0.2, 0) is 0 Å². The number of aromatic nitrogens is 2. The van der Waals surface area contributed by atoms with E-state index in [1.54, 1.807) is 24.4 Å². The summed E-state index contributed by atoms with van der Waals surface area (Å²) in [6.07, 6.45) is 3.01. The van der Waals surface area contributed by atoms with E-state index in [0.717, 1.165) is 5.56 Å². The quantitative estimate of drug-likeness (QED) is 0.621. The molecule has 2 rings (SSSR count). The van der Waals surface area contributed by atoms with Crippen LogP contribution >= 0.6 is 0 Å². The molecule has 0 bridgehead atoms. The van der Waals surface area contributed by atoms with Gasteiger partial charge in [0.15, 0.2) is 0 Å². The third-order valence-corrected chi connectivity index (χ3v) is 2.53. The predicted molar refractivity (Wildman–Crippen MR) is 62.3 cm³/mol. The fraction of sp³-hybridized carbons (Fsp3) is 0.167. The molecule has 0 aliphatic carbocycles. The van der Waals surface area contributed by atoms with E-state index in [2.05, 4.69) is 15.4 Å². The molecule has 17 heavy (non-hydrogen) atoms. The second-order valence-corrected chi connectivity index (χ2v) is 3.76. The smallest absolute Gasteiger partial charge is 0.128 e. The Morgan fingerprint density at radius 3 is 2.82 bits per heavy atom. The fourth-order valence-corrected chi connectivity index (χ4v) is 1.69. The van der Waals surface area contributed by atoms with E-state index in [-0.39, 0.29) is 5.82 Å². The molecule has 88 valence electrons. The lowest BCUT2D eigenvalue weighted by atomic mass is 10.0. The summed E-state index contributed by atoms with van der Waals surface area (Å²) in [6, 6.07) is 6.12. The highest BCUT2D eigenvalue weighted by Crippen LogP contribution is 2.22. The number of hydrogen-bond donors (Lipinski definition) is 2. The van der Waals surface area contributed by atoms with Crippen LogP contribution in [0.4, 0.5) is 4.39 Å². The van der Waals surface area contributed by atoms with Crippen LogP contribution in [0.1, 0.15) is 22.9 Å². The van der Waals surface area contributed by atoms with Crippen LogP contribution in [0.2, 0.25) is 0 Å². The zero-order valence-corrected chi connectivity index (χ0v) is 9.39. The average molecular weight is 232 g/mol. The van der Waals surface area contributed by atoms with Gasteiger partial charge in [-0.3, -0.25) is 5.84 Å². The fourth-order valence-electron chi connectivity index (χ4n) is 1.69. The van der Waals surface area contributed by atoms with E-state index in [1.165, 1.54) is 12.4 Å². The first-order valence-electron chi connectivity index (χ1n) is 5.20. The molecule has 0 amide bonds. The zero-order valence-electron chi connectivity index (χ0n) is 9.39. The van der Waals surface area contributed by atoms with Crippen molar-refractivity contribution in [3.05, 3.63) is 59.4 Å². The molecule has 1 unspecified atom stereocenters. The molecular weight excluding hydrogens is 219 g/mol. The molecule has 0 saturated heterocycles. The van der Waals surface area contributed by atoms with Crippen molar-refractivity contribution < 1.29 is 4.39 Å². The van der Waals surface area contributed by atoms with Gasteiger partial charge in [0.2, 0.25) is 0 Å². The molecule has 0 radical (unpaired) electrons. The predicted octanol–water partition coefficient (Wildman–Crippen LogP) is 1.48. The Morgan fingerprint density at radius 1 is 1.35 bits per heavy atom. The van der Waals surface area contributed by atoms with E-state index < -0.39 is 6.04 Å². The molecule has 1 aromatic heterocycles. The third-order valence-electron chi connectivity index (χ3n) is 2.53. The lowest BCUT2D eigenvalue weighted by Gasteiger charge is -2.16. The van der Waals surface area contributed by atoms with E-state index >= 15 is 0 Å². The van der Waals surface area contributed by atoms with Gasteiger partial charge in [0, 0.05) is 11.8 Å². The van der Waals surface area contributed by atoms with Crippen LogP contribution in [0.3, 0.4) is 0 Å². The van der Waals surface area contributed by atoms with Crippen molar-refractivity contribution in [2.24, 2.45) is 5.84 Å². The maximum Gasteiger partial charge on any atom is 0.128 e. The second-order valence-electron chi connectivity index (χ2n) is 3.76. The summed E-state index contributed by atoms with van der Waals surface area (Å²) in [4.78, 5) is 7.90. The number of nitrogens with one attached hydrogen (secondary N) is 1. The van der Waals surface area contributed by atoms with Crippen LogP contribution in [0.25, 0.3) is 0 Å². The van der Waals surface area contributed by atoms with Gasteiger partial charge in [-0.15, -0.1) is 0 Å². The lowest BCUT2D eigenvalue weighted by Crippen LogP contribution is -2.30. The monoisotopic (exact) mass is 232 g/mol. The summed E-state index contributed by atoms with van der Waals surface area (Å²) in [7, 11) is 0. The first-order valence-corrected chi connectivity index (χ1v) is 5.20. The van der Waals surface area contributed by atoms with Gasteiger partial charge in [-0.2, -0.15) is 0 Å². The number of hydrazine groups is 1. The number of rotatable bonds is 3. The molecule has 2 aromatic rings. The van der Waals surface area contributed by atoms with Crippen molar-refractivity contribution in [1.82, 2.24) is 15.4 Å². The number of hydrogen-bond acceptors (Lipinski definition) is 4. The first-order chi connectivity index (χ1) is 8.22. The molecule has 1 aromatic carbocycles. The Hall–Kier alpha value is -1.85. The van der Waals surface area contributed by atoms with E-state index in [1.807, 2.05) is 6.92 Å². The minimum absolute atomic E-state index is 0.308. The molecule has 1 atom stereocenters. The SMILES string of the molecule is Cc1ccc(F)c(C(NN)c2ccncn2)c1. The van der Waals surface area contributed by atoms with Gasteiger partial charge in [0.1, 0.15) is 12.1 Å². The minimum atomic E-state index is -0.474. The molecule has 0 aliphatic heterocycles. The average Bonchev–Trinajstić information content (AvgIpc) is 2.36. The summed E-state index contributed by atoms with van der Waals surface area (Å²) in [5, 5.41) is 0. The van der Waals surface area contributed by atoms with Gasteiger partial charge in [0.25, 0.3) is 0 Å². The van der Waals surface area contributed by atoms with Gasteiger partial charge in [-0.1, -0.05) is 17.7 Å². The summed E-state index contributed by atoms with van der Waals surface area (Å²) >= 11 is 0. The lowest BCUT2D eigenvalue weighted by molar-refractivity contribution is 0.552. The van der Waals surface area contributed by atoms with Crippen molar-refractivity contribution in [3.8, 4) is 0 Å². The summed E-state index contributed by atoms with van der Waals surface area (Å²) in [5.74, 6) is 5.17. The Morgan fingerprint density at radius 2 is 2.18 bits per heavy atom. The standard InChI is InChI=1S/C12H13FN4/c1-8-2-3-10(13)9(6-8)12(17-14)11-4-5-15-7-16-11/h2-7,12,17H,14H2,1H3. The van der Waals surface area contributed by atoms with Crippen LogP contribution in [0, 0.1) is 12.7 Å². The van der Waals surface area contributed by atoms with Gasteiger partial charge < -0.3 is 0 Å². The third kappa shape index (κ3) is 2.46. The Bertz CT molecular complexity index is 501. The Kier molecular flexibility index (Phi) is 3.41. The number of aryl methyl sites for hydroxylation is 1. The maximum absolute atomic E-state index is 13.8. The van der Waals surface area contributed by atoms with Gasteiger partial charge >= 0.3 is 0 Å². The van der Waals surface area contributed by atoms with Crippen LogP contribution in [0.15, 0.2) is 36.8 Å². The normalized spacial score (nSPS) is 12.4. The van der Waals surface area contributed by atoms with Crippen LogP contribution in [0.5, 0.6) is 0 Å². The van der Waals surface area contributed by atoms with E-state index in [0.29, 0.717) is 11.3 Å². The molecule has 0 aliphatic rings. The number of benzene rings is 1. The molecule has 0 saturated carbocycles. The zero-order chi connectivity index (χ0) is 12.3. The molecule has 0 spiro atoms. The Labute approximate surface area is 98.7 Å². The van der Waals surface area contributed by atoms with Gasteiger partial charge in [-0.05, 0) is 19.1 Å². The van der Waals surface area contributed by atoms with Crippen molar-refractivity contribution in [2.45, 2.75) is 13.0 Å². The minimum Gasteiger partial charge on any atom is -0.271 e. The van der Waals surface area contributed by atoms with Crippen LogP contribution < -0.4 is 11.3 Å². The Balaban J connectivity index is 2.46. The maximum atomic E-state index is 13.8. The number of halogens is 1. The van der Waals surface area contributed by atoms with Crippen LogP contribution in [-0.4, -0.2) is 9.97 Å². The highest BCUT2D eigenvalue weighted by molar-refractivity contribution is 5.31. The largest absolute Gasteiger partial charge is 0.271 e. The molecular formula is C12H13FN4. The van der Waals surface area contributed by atoms with Gasteiger partial charge in [0.05, 0.1) is 11.7 Å². The van der Waals surface area contributed by atoms with E-state index in [9.17, 15) is 4.39 Å². The van der Waals surface area contributed by atoms with E-state index in [4.69, 9.17) is 5.84 Å². The van der Waals surface area contributed by atoms with Gasteiger partial charge in [-0.25, -0.2) is 19.8 Å². The van der Waals surface area contributed by atoms with Crippen molar-refractivity contribution in [2.75, 3.05) is 0 Å². The topological polar surface area (TPSA) is 63.8 Å². The summed E-state index contributed by atoms with van der Waals surface area (Å²) in [5.41, 5.74) is 4.65. The number of nitrogens with two attached hydrogens (primary N) is 1. The van der Waals surface area contributed by atoms with Crippen molar-refractivity contribution in [3.63, 3.8) is 0 Å². The summed E-state index contributed by atoms with van der Waals surface area (Å²) < 4.78 is 13.8. The highest BCUT2D eigenvalue weighted by atomic mass is 19.1. The highest BCUT2D eigenvalue weighted by Gasteiger charge is 2.17. The number of nitrogens with zero attached hydrogens (tertiary/aromatic N) is 2. The molecule has 4 nitrogen and oxygen atoms in total. The molecule has 0 fully saturated rings. The van der Waals surface area contributed by atoms with Crippen molar-refractivity contribution >= 4 is 0 Å².